The lowest BCUT2D eigenvalue weighted by Crippen LogP contribution is -2.38. The number of nitrogens with zero attached hydrogens (tertiary/aromatic N) is 2. The largest absolute Gasteiger partial charge is 0.497 e. The number of aliphatic hydroxyl groups is 1. The van der Waals surface area contributed by atoms with Crippen LogP contribution in [0.1, 0.15) is 29.3 Å². The lowest BCUT2D eigenvalue weighted by Gasteiger charge is -2.13. The molecule has 1 unspecified atom stereocenters. The minimum absolute atomic E-state index is 0. The van der Waals surface area contributed by atoms with Crippen molar-refractivity contribution in [3.63, 3.8) is 0 Å². The Morgan fingerprint density at radius 2 is 1.97 bits per heavy atom. The van der Waals surface area contributed by atoms with Gasteiger partial charge in [0.15, 0.2) is 11.7 Å². The smallest absolute Gasteiger partial charge is 0.434 e. The number of benzene rings is 1. The molecule has 1 aromatic carbocycles. The zero-order valence-electron chi connectivity index (χ0n) is 16.0. The number of methoxy groups -OCH3 is 1. The molecule has 0 bridgehead atoms. The van der Waals surface area contributed by atoms with Gasteiger partial charge in [-0.2, -0.15) is 13.2 Å². The number of thiazole rings is 1. The summed E-state index contributed by atoms with van der Waals surface area (Å²) in [6.07, 6.45) is -4.86. The third-order valence-electron chi connectivity index (χ3n) is 3.74. The van der Waals surface area contributed by atoms with E-state index in [0.717, 1.165) is 16.7 Å². The first-order valence-electron chi connectivity index (χ1n) is 8.69. The second kappa shape index (κ2) is 12.2. The normalized spacial score (nSPS) is 12.8. The summed E-state index contributed by atoms with van der Waals surface area (Å²) in [5.41, 5.74) is -0.154. The second-order valence-corrected chi connectivity index (χ2v) is 6.75. The summed E-state index contributed by atoms with van der Waals surface area (Å²) in [5.74, 6) is 1.17. The molecule has 1 atom stereocenters. The first kappa shape index (κ1) is 25.4. The van der Waals surface area contributed by atoms with Crippen LogP contribution in [0.15, 0.2) is 34.6 Å². The van der Waals surface area contributed by atoms with Crippen LogP contribution in [0.2, 0.25) is 0 Å². The first-order valence-corrected chi connectivity index (χ1v) is 9.57. The Morgan fingerprint density at radius 3 is 2.52 bits per heavy atom. The summed E-state index contributed by atoms with van der Waals surface area (Å²) in [7, 11) is 1.57. The van der Waals surface area contributed by atoms with E-state index >= 15 is 0 Å². The number of halogens is 4. The number of aliphatic hydroxyl groups excluding tert-OH is 1. The average molecular weight is 544 g/mol. The van der Waals surface area contributed by atoms with Gasteiger partial charge in [-0.15, -0.1) is 35.3 Å². The quantitative estimate of drug-likeness (QED) is 0.269. The van der Waals surface area contributed by atoms with E-state index in [1.165, 1.54) is 0 Å². The van der Waals surface area contributed by atoms with Gasteiger partial charge in [0, 0.05) is 24.9 Å². The average Bonchev–Trinajstić information content (AvgIpc) is 3.15. The van der Waals surface area contributed by atoms with Gasteiger partial charge in [-0.25, -0.2) is 4.98 Å². The highest BCUT2D eigenvalue weighted by molar-refractivity contribution is 14.0. The molecule has 6 nitrogen and oxygen atoms in total. The topological polar surface area (TPSA) is 78.8 Å². The van der Waals surface area contributed by atoms with Crippen molar-refractivity contribution < 1.29 is 23.0 Å². The predicted molar refractivity (Wildman–Crippen MR) is 118 cm³/mol. The Morgan fingerprint density at radius 1 is 1.28 bits per heavy atom. The van der Waals surface area contributed by atoms with Crippen LogP contribution < -0.4 is 15.4 Å². The predicted octanol–water partition coefficient (Wildman–Crippen LogP) is 3.62. The summed E-state index contributed by atoms with van der Waals surface area (Å²) in [6.45, 7) is 3.01. The number of nitrogens with one attached hydrogen (secondary N) is 2. The molecule has 2 aromatic rings. The van der Waals surface area contributed by atoms with Crippen molar-refractivity contribution in [1.29, 1.82) is 0 Å². The molecule has 162 valence electrons. The van der Waals surface area contributed by atoms with Crippen LogP contribution in [0.3, 0.4) is 0 Å². The van der Waals surface area contributed by atoms with Crippen molar-refractivity contribution in [3.05, 3.63) is 45.9 Å². The molecule has 0 saturated carbocycles. The van der Waals surface area contributed by atoms with Gasteiger partial charge < -0.3 is 20.5 Å². The standard InChI is InChI=1S/C18H23F3N4O2S.HI/c1-3-22-17(23-9-8-16-25-15(11-28-16)18(19,20)21)24-10-14(26)12-4-6-13(27-2)7-5-12;/h4-7,11,14,26H,3,8-10H2,1-2H3,(H2,22,23,24);1H. The summed E-state index contributed by atoms with van der Waals surface area (Å²) in [5, 5.41) is 17.7. The van der Waals surface area contributed by atoms with E-state index in [2.05, 4.69) is 20.6 Å². The van der Waals surface area contributed by atoms with Crippen LogP contribution in [-0.4, -0.2) is 42.8 Å². The molecule has 3 N–H and O–H groups in total. The van der Waals surface area contributed by atoms with E-state index < -0.39 is 18.0 Å². The van der Waals surface area contributed by atoms with E-state index in [9.17, 15) is 18.3 Å². The third-order valence-corrected chi connectivity index (χ3v) is 4.65. The highest BCUT2D eigenvalue weighted by Gasteiger charge is 2.33. The number of hydrogen-bond donors (Lipinski definition) is 3. The molecule has 0 spiro atoms. The fraction of sp³-hybridized carbons (Fsp3) is 0.444. The van der Waals surface area contributed by atoms with Gasteiger partial charge in [0.2, 0.25) is 0 Å². The van der Waals surface area contributed by atoms with Crippen LogP contribution >= 0.6 is 35.3 Å². The fourth-order valence-corrected chi connectivity index (χ4v) is 3.10. The molecule has 11 heteroatoms. The Bertz CT molecular complexity index is 769. The maximum absolute atomic E-state index is 12.6. The van der Waals surface area contributed by atoms with Crippen molar-refractivity contribution in [1.82, 2.24) is 15.6 Å². The van der Waals surface area contributed by atoms with Crippen molar-refractivity contribution in [2.45, 2.75) is 25.6 Å². The highest BCUT2D eigenvalue weighted by atomic mass is 127. The molecule has 0 aliphatic carbocycles. The number of guanidine groups is 1. The van der Waals surface area contributed by atoms with E-state index in [4.69, 9.17) is 4.74 Å². The lowest BCUT2D eigenvalue weighted by atomic mass is 10.1. The Labute approximate surface area is 188 Å². The second-order valence-electron chi connectivity index (χ2n) is 5.81. The number of rotatable bonds is 8. The van der Waals surface area contributed by atoms with Crippen LogP contribution in [0.5, 0.6) is 5.75 Å². The number of hydrogen-bond acceptors (Lipinski definition) is 5. The lowest BCUT2D eigenvalue weighted by molar-refractivity contribution is -0.140. The first-order chi connectivity index (χ1) is 13.3. The van der Waals surface area contributed by atoms with Crippen LogP contribution in [0, 0.1) is 0 Å². The number of aromatic nitrogens is 1. The molecule has 1 aromatic heterocycles. The maximum Gasteiger partial charge on any atom is 0.434 e. The van der Waals surface area contributed by atoms with Crippen molar-refractivity contribution in [2.24, 2.45) is 4.99 Å². The summed E-state index contributed by atoms with van der Waals surface area (Å²) in [4.78, 5) is 7.92. The van der Waals surface area contributed by atoms with Crippen molar-refractivity contribution in [2.75, 3.05) is 26.7 Å². The SMILES string of the molecule is CCNC(=NCC(O)c1ccc(OC)cc1)NCCc1nc(C(F)(F)F)cs1.I. The molecule has 0 radical (unpaired) electrons. The van der Waals surface area contributed by atoms with Crippen LogP contribution in [0.4, 0.5) is 13.2 Å². The summed E-state index contributed by atoms with van der Waals surface area (Å²) in [6, 6.07) is 7.05. The third kappa shape index (κ3) is 8.34. The molecule has 0 aliphatic rings. The highest BCUT2D eigenvalue weighted by Crippen LogP contribution is 2.30. The molecule has 0 fully saturated rings. The minimum Gasteiger partial charge on any atom is -0.497 e. The van der Waals surface area contributed by atoms with Crippen LogP contribution in [0.25, 0.3) is 0 Å². The monoisotopic (exact) mass is 544 g/mol. The fourth-order valence-electron chi connectivity index (χ4n) is 2.29. The molecule has 0 amide bonds. The molecule has 29 heavy (non-hydrogen) atoms. The molecular weight excluding hydrogens is 520 g/mol. The zero-order chi connectivity index (χ0) is 20.6. The van der Waals surface area contributed by atoms with Gasteiger partial charge in [-0.3, -0.25) is 4.99 Å². The Kier molecular flexibility index (Phi) is 10.7. The summed E-state index contributed by atoms with van der Waals surface area (Å²) < 4.78 is 42.8. The molecule has 0 aliphatic heterocycles. The van der Waals surface area contributed by atoms with Crippen molar-refractivity contribution >= 4 is 41.3 Å². The van der Waals surface area contributed by atoms with E-state index in [1.54, 1.807) is 31.4 Å². The molecular formula is C18H24F3IN4O2S. The van der Waals surface area contributed by atoms with Gasteiger partial charge in [-0.1, -0.05) is 12.1 Å². The summed E-state index contributed by atoms with van der Waals surface area (Å²) >= 11 is 0.978. The maximum atomic E-state index is 12.6. The van der Waals surface area contributed by atoms with Gasteiger partial charge in [0.1, 0.15) is 5.75 Å². The van der Waals surface area contributed by atoms with Gasteiger partial charge in [0.25, 0.3) is 0 Å². The van der Waals surface area contributed by atoms with E-state index in [0.29, 0.717) is 41.8 Å². The zero-order valence-corrected chi connectivity index (χ0v) is 19.1. The Hall–Kier alpha value is -1.60. The van der Waals surface area contributed by atoms with Crippen LogP contribution in [-0.2, 0) is 12.6 Å². The number of alkyl halides is 3. The molecule has 2 rings (SSSR count). The number of ether oxygens (including phenoxy) is 1. The molecule has 1 heterocycles. The number of aliphatic imine (C=N–C) groups is 1. The van der Waals surface area contributed by atoms with Crippen molar-refractivity contribution in [3.8, 4) is 5.75 Å². The molecule has 0 saturated heterocycles. The Balaban J connectivity index is 0.00000420. The van der Waals surface area contributed by atoms with E-state index in [-0.39, 0.29) is 30.5 Å². The van der Waals surface area contributed by atoms with Gasteiger partial charge in [-0.05, 0) is 24.6 Å². The van der Waals surface area contributed by atoms with Gasteiger partial charge >= 0.3 is 6.18 Å². The van der Waals surface area contributed by atoms with Gasteiger partial charge in [0.05, 0.1) is 24.8 Å². The minimum atomic E-state index is -4.42. The van der Waals surface area contributed by atoms with E-state index in [1.807, 2.05) is 6.92 Å².